The molecule has 0 saturated heterocycles. The van der Waals surface area contributed by atoms with E-state index in [1.54, 1.807) is 19.2 Å². The van der Waals surface area contributed by atoms with E-state index < -0.39 is 0 Å². The molecule has 0 N–H and O–H groups in total. The molecule has 0 radical (unpaired) electrons. The molecular formula is C8H11ClN4. The molecule has 0 saturated carbocycles. The van der Waals surface area contributed by atoms with Crippen molar-refractivity contribution in [1.82, 2.24) is 10.2 Å². The van der Waals surface area contributed by atoms with E-state index in [1.165, 1.54) is 0 Å². The summed E-state index contributed by atoms with van der Waals surface area (Å²) in [7, 11) is 3.61. The normalized spacial score (nSPS) is 11.5. The summed E-state index contributed by atoms with van der Waals surface area (Å²) >= 11 is 5.61. The maximum atomic E-state index is 5.61. The maximum Gasteiger partial charge on any atom is 0.156 e. The predicted molar refractivity (Wildman–Crippen MR) is 54.5 cm³/mol. The van der Waals surface area contributed by atoms with Gasteiger partial charge >= 0.3 is 0 Å². The lowest BCUT2D eigenvalue weighted by Crippen LogP contribution is -2.24. The maximum absolute atomic E-state index is 5.61. The van der Waals surface area contributed by atoms with Gasteiger partial charge in [-0.25, -0.2) is 0 Å². The Kier molecular flexibility index (Phi) is 3.19. The lowest BCUT2D eigenvalue weighted by Gasteiger charge is -2.15. The molecule has 0 spiro atoms. The molecule has 1 heterocycles. The zero-order valence-electron chi connectivity index (χ0n) is 7.82. The first kappa shape index (κ1) is 9.92. The van der Waals surface area contributed by atoms with Gasteiger partial charge in [0.25, 0.3) is 0 Å². The van der Waals surface area contributed by atoms with Crippen LogP contribution in [0.1, 0.15) is 6.92 Å². The summed E-state index contributed by atoms with van der Waals surface area (Å²) < 4.78 is 0. The third-order valence-corrected chi connectivity index (χ3v) is 1.97. The van der Waals surface area contributed by atoms with Gasteiger partial charge in [-0.2, -0.15) is 0 Å². The van der Waals surface area contributed by atoms with Crippen LogP contribution in [0.15, 0.2) is 17.1 Å². The molecular weight excluding hydrogens is 188 g/mol. The standard InChI is InChI=1S/C8H11ClN4/c1-6(10-2)13(3)8-5-4-7(9)11-12-8/h4-5H,1-3H3. The molecule has 0 aliphatic heterocycles. The smallest absolute Gasteiger partial charge is 0.156 e. The summed E-state index contributed by atoms with van der Waals surface area (Å²) in [5, 5.41) is 8.04. The molecule has 1 rings (SSSR count). The van der Waals surface area contributed by atoms with Gasteiger partial charge in [-0.15, -0.1) is 10.2 Å². The van der Waals surface area contributed by atoms with Gasteiger partial charge in [0.15, 0.2) is 11.0 Å². The molecule has 0 aliphatic carbocycles. The van der Waals surface area contributed by atoms with Crippen LogP contribution in [0.25, 0.3) is 0 Å². The minimum Gasteiger partial charge on any atom is -0.317 e. The SMILES string of the molecule is CN=C(C)N(C)c1ccc(Cl)nn1. The fraction of sp³-hybridized carbons (Fsp3) is 0.375. The predicted octanol–water partition coefficient (Wildman–Crippen LogP) is 1.61. The number of nitrogens with zero attached hydrogens (tertiary/aromatic N) is 4. The van der Waals surface area contributed by atoms with Crippen molar-refractivity contribution in [1.29, 1.82) is 0 Å². The van der Waals surface area contributed by atoms with Gasteiger partial charge in [0.05, 0.1) is 0 Å². The van der Waals surface area contributed by atoms with Crippen LogP contribution in [-0.4, -0.2) is 30.1 Å². The van der Waals surface area contributed by atoms with Crippen LogP contribution < -0.4 is 4.90 Å². The third-order valence-electron chi connectivity index (χ3n) is 1.77. The first-order valence-corrected chi connectivity index (χ1v) is 4.19. The largest absolute Gasteiger partial charge is 0.317 e. The van der Waals surface area contributed by atoms with Gasteiger partial charge in [-0.3, -0.25) is 4.99 Å². The summed E-state index contributed by atoms with van der Waals surface area (Å²) in [4.78, 5) is 5.87. The lowest BCUT2D eigenvalue weighted by molar-refractivity contribution is 0.995. The molecule has 0 unspecified atom stereocenters. The van der Waals surface area contributed by atoms with Crippen molar-refractivity contribution in [2.45, 2.75) is 6.92 Å². The average molecular weight is 199 g/mol. The molecule has 4 nitrogen and oxygen atoms in total. The highest BCUT2D eigenvalue weighted by molar-refractivity contribution is 6.29. The fourth-order valence-corrected chi connectivity index (χ4v) is 0.904. The second kappa shape index (κ2) is 4.18. The van der Waals surface area contributed by atoms with Crippen molar-refractivity contribution in [2.75, 3.05) is 19.0 Å². The molecule has 13 heavy (non-hydrogen) atoms. The lowest BCUT2D eigenvalue weighted by atomic mass is 10.4. The van der Waals surface area contributed by atoms with Gasteiger partial charge in [-0.05, 0) is 19.1 Å². The molecule has 70 valence electrons. The zero-order valence-corrected chi connectivity index (χ0v) is 8.58. The van der Waals surface area contributed by atoms with Gasteiger partial charge in [-0.1, -0.05) is 11.6 Å². The number of hydrogen-bond acceptors (Lipinski definition) is 3. The van der Waals surface area contributed by atoms with E-state index in [0.29, 0.717) is 5.15 Å². The van der Waals surface area contributed by atoms with Gasteiger partial charge < -0.3 is 4.90 Å². The fourth-order valence-electron chi connectivity index (χ4n) is 0.804. The summed E-state index contributed by atoms with van der Waals surface area (Å²) in [6.45, 7) is 1.90. The van der Waals surface area contributed by atoms with Gasteiger partial charge in [0.1, 0.15) is 5.84 Å². The monoisotopic (exact) mass is 198 g/mol. The Morgan fingerprint density at radius 3 is 2.62 bits per heavy atom. The number of hydrogen-bond donors (Lipinski definition) is 0. The molecule has 0 fully saturated rings. The van der Waals surface area contributed by atoms with E-state index in [9.17, 15) is 0 Å². The Balaban J connectivity index is 2.89. The average Bonchev–Trinajstić information content (AvgIpc) is 2.17. The highest BCUT2D eigenvalue weighted by atomic mass is 35.5. The van der Waals surface area contributed by atoms with Crippen LogP contribution in [0.2, 0.25) is 5.15 Å². The Bertz CT molecular complexity index is 306. The van der Waals surface area contributed by atoms with Crippen LogP contribution in [0.5, 0.6) is 0 Å². The second-order valence-electron chi connectivity index (χ2n) is 2.54. The van der Waals surface area contributed by atoms with Crippen LogP contribution in [-0.2, 0) is 0 Å². The minimum atomic E-state index is 0.392. The molecule has 5 heteroatoms. The number of amidine groups is 1. The van der Waals surface area contributed by atoms with Gasteiger partial charge in [0.2, 0.25) is 0 Å². The first-order valence-electron chi connectivity index (χ1n) is 3.81. The van der Waals surface area contributed by atoms with Crippen LogP contribution in [0.4, 0.5) is 5.82 Å². The summed E-state index contributed by atoms with van der Waals surface area (Å²) in [6.07, 6.45) is 0. The first-order chi connectivity index (χ1) is 6.15. The van der Waals surface area contributed by atoms with Crippen molar-refractivity contribution in [3.05, 3.63) is 17.3 Å². The highest BCUT2D eigenvalue weighted by Gasteiger charge is 2.04. The molecule has 0 amide bonds. The van der Waals surface area contributed by atoms with E-state index in [1.807, 2.05) is 18.9 Å². The number of rotatable bonds is 1. The van der Waals surface area contributed by atoms with Gasteiger partial charge in [0, 0.05) is 14.1 Å². The van der Waals surface area contributed by atoms with Crippen LogP contribution >= 0.6 is 11.6 Å². The van der Waals surface area contributed by atoms with Crippen molar-refractivity contribution < 1.29 is 0 Å². The minimum absolute atomic E-state index is 0.392. The van der Waals surface area contributed by atoms with E-state index >= 15 is 0 Å². The number of anilines is 1. The van der Waals surface area contributed by atoms with Crippen molar-refractivity contribution in [2.24, 2.45) is 4.99 Å². The van der Waals surface area contributed by atoms with Crippen molar-refractivity contribution in [3.63, 3.8) is 0 Å². The molecule has 0 atom stereocenters. The van der Waals surface area contributed by atoms with E-state index in [4.69, 9.17) is 11.6 Å². The Morgan fingerprint density at radius 1 is 1.46 bits per heavy atom. The molecule has 1 aromatic heterocycles. The summed E-state index contributed by atoms with van der Waals surface area (Å²) in [6, 6.07) is 3.49. The van der Waals surface area contributed by atoms with Crippen LogP contribution in [0, 0.1) is 0 Å². The Labute approximate surface area is 82.3 Å². The molecule has 0 bridgehead atoms. The quantitative estimate of drug-likeness (QED) is 0.509. The summed E-state index contributed by atoms with van der Waals surface area (Å²) in [5.74, 6) is 1.60. The van der Waals surface area contributed by atoms with E-state index in [-0.39, 0.29) is 0 Å². The van der Waals surface area contributed by atoms with Crippen LogP contribution in [0.3, 0.4) is 0 Å². The van der Waals surface area contributed by atoms with E-state index in [0.717, 1.165) is 11.7 Å². The Morgan fingerprint density at radius 2 is 2.15 bits per heavy atom. The molecule has 0 aliphatic rings. The highest BCUT2D eigenvalue weighted by Crippen LogP contribution is 2.10. The number of aliphatic imine (C=N–C) groups is 1. The Hall–Kier alpha value is -1.16. The summed E-state index contributed by atoms with van der Waals surface area (Å²) in [5.41, 5.74) is 0. The second-order valence-corrected chi connectivity index (χ2v) is 2.93. The molecule has 0 aromatic carbocycles. The van der Waals surface area contributed by atoms with E-state index in [2.05, 4.69) is 15.2 Å². The third kappa shape index (κ3) is 2.39. The molecule has 1 aromatic rings. The zero-order chi connectivity index (χ0) is 9.84. The number of halogens is 1. The number of aromatic nitrogens is 2. The van der Waals surface area contributed by atoms with Crippen molar-refractivity contribution in [3.8, 4) is 0 Å². The van der Waals surface area contributed by atoms with Crippen molar-refractivity contribution >= 4 is 23.3 Å². The topological polar surface area (TPSA) is 41.4 Å².